The molecule has 1 rings (SSSR count). The molecule has 1 aromatic rings. The van der Waals surface area contributed by atoms with Gasteiger partial charge in [-0.1, -0.05) is 26.8 Å². The highest BCUT2D eigenvalue weighted by atomic mass is 16.4. The summed E-state index contributed by atoms with van der Waals surface area (Å²) >= 11 is 0. The fourth-order valence-electron chi connectivity index (χ4n) is 1.54. The van der Waals surface area contributed by atoms with Gasteiger partial charge in [-0.2, -0.15) is 0 Å². The molecule has 0 aromatic carbocycles. The third-order valence-electron chi connectivity index (χ3n) is 2.17. The zero-order valence-electron chi connectivity index (χ0n) is 9.78. The zero-order chi connectivity index (χ0) is 11.6. The second-order valence-electron chi connectivity index (χ2n) is 5.09. The van der Waals surface area contributed by atoms with Crippen LogP contribution < -0.4 is 5.46 Å². The van der Waals surface area contributed by atoms with Crippen molar-refractivity contribution < 1.29 is 10.0 Å². The van der Waals surface area contributed by atoms with E-state index >= 15 is 0 Å². The average molecular weight is 207 g/mol. The fourth-order valence-corrected chi connectivity index (χ4v) is 1.54. The van der Waals surface area contributed by atoms with Crippen LogP contribution in [0.3, 0.4) is 0 Å². The molecule has 82 valence electrons. The highest BCUT2D eigenvalue weighted by Gasteiger charge is 2.17. The second kappa shape index (κ2) is 4.33. The summed E-state index contributed by atoms with van der Waals surface area (Å²) in [6.07, 6.45) is 0.885. The maximum absolute atomic E-state index is 9.04. The molecule has 0 atom stereocenters. The van der Waals surface area contributed by atoms with Crippen LogP contribution in [-0.4, -0.2) is 22.2 Å². The molecule has 4 heteroatoms. The van der Waals surface area contributed by atoms with E-state index in [1.807, 2.05) is 6.07 Å². The fraction of sp³-hybridized carbons (Fsp3) is 0.545. The Kier molecular flexibility index (Phi) is 3.52. The molecule has 0 amide bonds. The minimum atomic E-state index is -1.43. The molecule has 0 radical (unpaired) electrons. The Morgan fingerprint density at radius 3 is 2.27 bits per heavy atom. The Balaban J connectivity index is 2.92. The minimum absolute atomic E-state index is 0.193. The molecule has 0 spiro atoms. The molecule has 1 aromatic heterocycles. The summed E-state index contributed by atoms with van der Waals surface area (Å²) in [7, 11) is -1.43. The van der Waals surface area contributed by atoms with E-state index in [1.54, 1.807) is 13.0 Å². The van der Waals surface area contributed by atoms with E-state index in [0.29, 0.717) is 11.2 Å². The molecule has 0 aliphatic heterocycles. The van der Waals surface area contributed by atoms with Crippen molar-refractivity contribution in [1.82, 2.24) is 4.98 Å². The van der Waals surface area contributed by atoms with Gasteiger partial charge in [0.1, 0.15) is 0 Å². The van der Waals surface area contributed by atoms with E-state index in [4.69, 9.17) is 10.0 Å². The Morgan fingerprint density at radius 1 is 1.27 bits per heavy atom. The van der Waals surface area contributed by atoms with Crippen LogP contribution in [0.15, 0.2) is 12.1 Å². The molecule has 15 heavy (non-hydrogen) atoms. The van der Waals surface area contributed by atoms with Crippen molar-refractivity contribution >= 4 is 12.6 Å². The van der Waals surface area contributed by atoms with Gasteiger partial charge >= 0.3 is 7.12 Å². The van der Waals surface area contributed by atoms with E-state index in [9.17, 15) is 0 Å². The van der Waals surface area contributed by atoms with Crippen LogP contribution in [-0.2, 0) is 6.42 Å². The molecular weight excluding hydrogens is 189 g/mol. The van der Waals surface area contributed by atoms with Gasteiger partial charge in [-0.25, -0.2) is 0 Å². The molecule has 0 unspecified atom stereocenters. The summed E-state index contributed by atoms with van der Waals surface area (Å²) < 4.78 is 0. The summed E-state index contributed by atoms with van der Waals surface area (Å²) in [5, 5.41) is 18.1. The second-order valence-corrected chi connectivity index (χ2v) is 5.09. The van der Waals surface area contributed by atoms with Crippen LogP contribution in [0.1, 0.15) is 32.2 Å². The summed E-state index contributed by atoms with van der Waals surface area (Å²) in [5.74, 6) is 0. The van der Waals surface area contributed by atoms with Crippen LogP contribution in [0.5, 0.6) is 0 Å². The van der Waals surface area contributed by atoms with Gasteiger partial charge in [-0.3, -0.25) is 4.98 Å². The maximum Gasteiger partial charge on any atom is 0.490 e. The predicted molar refractivity (Wildman–Crippen MR) is 62.0 cm³/mol. The largest absolute Gasteiger partial charge is 0.490 e. The summed E-state index contributed by atoms with van der Waals surface area (Å²) in [6, 6.07) is 3.58. The number of rotatable bonds is 2. The number of aryl methyl sites for hydroxylation is 1. The van der Waals surface area contributed by atoms with E-state index in [-0.39, 0.29) is 5.41 Å². The van der Waals surface area contributed by atoms with Crippen LogP contribution in [0.25, 0.3) is 0 Å². The highest BCUT2D eigenvalue weighted by molar-refractivity contribution is 6.59. The van der Waals surface area contributed by atoms with Crippen molar-refractivity contribution in [2.24, 2.45) is 5.41 Å². The van der Waals surface area contributed by atoms with Crippen LogP contribution in [0, 0.1) is 12.3 Å². The van der Waals surface area contributed by atoms with E-state index in [1.165, 1.54) is 0 Å². The van der Waals surface area contributed by atoms with Crippen molar-refractivity contribution in [3.05, 3.63) is 23.5 Å². The Hall–Kier alpha value is -0.865. The Bertz CT molecular complexity index is 345. The topological polar surface area (TPSA) is 53.4 Å². The predicted octanol–water partition coefficient (Wildman–Crippen LogP) is 0.658. The van der Waals surface area contributed by atoms with E-state index in [0.717, 1.165) is 12.1 Å². The van der Waals surface area contributed by atoms with Crippen molar-refractivity contribution in [1.29, 1.82) is 0 Å². The lowest BCUT2D eigenvalue weighted by atomic mass is 9.78. The van der Waals surface area contributed by atoms with Gasteiger partial charge in [0.05, 0.1) is 0 Å². The highest BCUT2D eigenvalue weighted by Crippen LogP contribution is 2.18. The average Bonchev–Trinajstić information content (AvgIpc) is 1.99. The Labute approximate surface area is 91.3 Å². The summed E-state index contributed by atoms with van der Waals surface area (Å²) in [6.45, 7) is 8.25. The number of hydrogen-bond donors (Lipinski definition) is 2. The maximum atomic E-state index is 9.04. The normalized spacial score (nSPS) is 11.6. The molecule has 2 N–H and O–H groups in total. The van der Waals surface area contributed by atoms with Crippen LogP contribution >= 0.6 is 0 Å². The third-order valence-corrected chi connectivity index (χ3v) is 2.17. The molecule has 0 fully saturated rings. The van der Waals surface area contributed by atoms with Gasteiger partial charge < -0.3 is 10.0 Å². The lowest BCUT2D eigenvalue weighted by Crippen LogP contribution is -2.33. The molecule has 3 nitrogen and oxygen atoms in total. The van der Waals surface area contributed by atoms with Gasteiger partial charge in [0.15, 0.2) is 0 Å². The van der Waals surface area contributed by atoms with Gasteiger partial charge in [-0.05, 0) is 24.8 Å². The zero-order valence-corrected chi connectivity index (χ0v) is 9.78. The first-order valence-corrected chi connectivity index (χ1v) is 5.12. The van der Waals surface area contributed by atoms with Crippen LogP contribution in [0.2, 0.25) is 0 Å². The lowest BCUT2D eigenvalue weighted by molar-refractivity contribution is 0.406. The standard InChI is InChI=1S/C11H18BNO2/c1-8-10(12(14)15)6-5-9(13-8)7-11(2,3)4/h5-6,14-15H,7H2,1-4H3. The van der Waals surface area contributed by atoms with Gasteiger partial charge in [0.25, 0.3) is 0 Å². The van der Waals surface area contributed by atoms with Crippen molar-refractivity contribution in [2.45, 2.75) is 34.1 Å². The summed E-state index contributed by atoms with van der Waals surface area (Å²) in [4.78, 5) is 4.36. The monoisotopic (exact) mass is 207 g/mol. The Morgan fingerprint density at radius 2 is 1.87 bits per heavy atom. The number of hydrogen-bond acceptors (Lipinski definition) is 3. The quantitative estimate of drug-likeness (QED) is 0.700. The van der Waals surface area contributed by atoms with Crippen molar-refractivity contribution in [3.8, 4) is 0 Å². The van der Waals surface area contributed by atoms with Crippen molar-refractivity contribution in [2.75, 3.05) is 0 Å². The molecule has 0 aliphatic rings. The summed E-state index contributed by atoms with van der Waals surface area (Å²) in [5.41, 5.74) is 2.35. The number of nitrogens with zero attached hydrogens (tertiary/aromatic N) is 1. The van der Waals surface area contributed by atoms with Gasteiger partial charge in [0, 0.05) is 16.9 Å². The first kappa shape index (κ1) is 12.2. The smallest absolute Gasteiger partial charge is 0.423 e. The third kappa shape index (κ3) is 3.65. The first-order valence-electron chi connectivity index (χ1n) is 5.12. The van der Waals surface area contributed by atoms with Gasteiger partial charge in [0.2, 0.25) is 0 Å². The van der Waals surface area contributed by atoms with Gasteiger partial charge in [-0.15, -0.1) is 0 Å². The van der Waals surface area contributed by atoms with Crippen LogP contribution in [0.4, 0.5) is 0 Å². The van der Waals surface area contributed by atoms with Crippen molar-refractivity contribution in [3.63, 3.8) is 0 Å². The van der Waals surface area contributed by atoms with E-state index in [2.05, 4.69) is 25.8 Å². The molecular formula is C11H18BNO2. The minimum Gasteiger partial charge on any atom is -0.423 e. The van der Waals surface area contributed by atoms with E-state index < -0.39 is 7.12 Å². The SMILES string of the molecule is Cc1nc(CC(C)(C)C)ccc1B(O)O. The first-order chi connectivity index (χ1) is 6.79. The molecule has 0 aliphatic carbocycles. The lowest BCUT2D eigenvalue weighted by Gasteiger charge is -2.18. The number of aromatic nitrogens is 1. The molecule has 0 bridgehead atoms. The molecule has 0 saturated heterocycles. The molecule has 0 saturated carbocycles. The molecule has 1 heterocycles. The number of pyridine rings is 1.